The lowest BCUT2D eigenvalue weighted by atomic mass is 10.1. The number of methoxy groups -OCH3 is 1. The lowest BCUT2D eigenvalue weighted by molar-refractivity contribution is -0.141. The minimum Gasteiger partial charge on any atom is -0.497 e. The molecule has 0 aromatic heterocycles. The molecule has 9 nitrogen and oxygen atoms in total. The minimum atomic E-state index is -3.93. The van der Waals surface area contributed by atoms with Crippen molar-refractivity contribution in [1.29, 1.82) is 0 Å². The van der Waals surface area contributed by atoms with Gasteiger partial charge in [-0.25, -0.2) is 12.7 Å². The predicted octanol–water partition coefficient (Wildman–Crippen LogP) is 3.10. The van der Waals surface area contributed by atoms with Crippen LogP contribution in [0.25, 0.3) is 0 Å². The van der Waals surface area contributed by atoms with E-state index in [9.17, 15) is 22.8 Å². The zero-order valence-corrected chi connectivity index (χ0v) is 22.0. The van der Waals surface area contributed by atoms with E-state index in [1.54, 1.807) is 38.3 Å². The average molecular weight is 528 g/mol. The average Bonchev–Trinajstić information content (AvgIpc) is 3.48. The number of fused-ring (bicyclic) bond motifs is 1. The molecule has 1 N–H and O–H groups in total. The summed E-state index contributed by atoms with van der Waals surface area (Å²) in [5, 5.41) is 3.06. The maximum absolute atomic E-state index is 13.4. The number of hydrogen-bond acceptors (Lipinski definition) is 6. The zero-order valence-electron chi connectivity index (χ0n) is 21.2. The van der Waals surface area contributed by atoms with Crippen molar-refractivity contribution in [2.24, 2.45) is 0 Å². The Balaban J connectivity index is 1.44. The highest BCUT2D eigenvalue weighted by atomic mass is 32.2. The summed E-state index contributed by atoms with van der Waals surface area (Å²) < 4.78 is 31.6. The van der Waals surface area contributed by atoms with E-state index >= 15 is 0 Å². The largest absolute Gasteiger partial charge is 0.497 e. The van der Waals surface area contributed by atoms with Crippen LogP contribution >= 0.6 is 0 Å². The molecular weight excluding hydrogens is 494 g/mol. The highest BCUT2D eigenvalue weighted by Crippen LogP contribution is 2.30. The number of nitrogens with one attached hydrogen (secondary N) is 1. The van der Waals surface area contributed by atoms with Crippen LogP contribution in [0.2, 0.25) is 0 Å². The highest BCUT2D eigenvalue weighted by molar-refractivity contribution is 7.90. The molecule has 198 valence electrons. The van der Waals surface area contributed by atoms with Crippen molar-refractivity contribution in [3.05, 3.63) is 59.7 Å². The Hall–Kier alpha value is -3.40. The molecule has 0 spiro atoms. The van der Waals surface area contributed by atoms with Gasteiger partial charge in [-0.1, -0.05) is 37.1 Å². The number of rotatable bonds is 10. The van der Waals surface area contributed by atoms with Crippen molar-refractivity contribution in [3.8, 4) is 5.75 Å². The molecule has 1 aliphatic heterocycles. The normalized spacial score (nSPS) is 17.4. The van der Waals surface area contributed by atoms with Crippen LogP contribution < -0.4 is 10.1 Å². The van der Waals surface area contributed by atoms with Gasteiger partial charge in [0.05, 0.1) is 12.7 Å². The first-order valence-corrected chi connectivity index (χ1v) is 14.0. The van der Waals surface area contributed by atoms with Gasteiger partial charge in [-0.05, 0) is 56.0 Å². The Bertz CT molecular complexity index is 1260. The maximum Gasteiger partial charge on any atom is 0.269 e. The van der Waals surface area contributed by atoms with E-state index in [1.165, 1.54) is 17.0 Å². The highest BCUT2D eigenvalue weighted by Gasteiger charge is 2.40. The second-order valence-electron chi connectivity index (χ2n) is 9.52. The van der Waals surface area contributed by atoms with Gasteiger partial charge in [0.15, 0.2) is 0 Å². The van der Waals surface area contributed by atoms with Crippen molar-refractivity contribution in [2.75, 3.05) is 13.7 Å². The first-order valence-electron chi connectivity index (χ1n) is 12.6. The fourth-order valence-electron chi connectivity index (χ4n) is 4.87. The molecule has 0 radical (unpaired) electrons. The summed E-state index contributed by atoms with van der Waals surface area (Å²) in [6, 6.07) is 12.8. The number of hydrogen-bond donors (Lipinski definition) is 1. The molecule has 1 atom stereocenters. The number of carbonyl (C=O) groups is 3. The molecule has 2 aromatic rings. The molecule has 1 heterocycles. The van der Waals surface area contributed by atoms with Crippen LogP contribution in [0.5, 0.6) is 5.75 Å². The topological polar surface area (TPSA) is 113 Å². The van der Waals surface area contributed by atoms with E-state index in [2.05, 4.69) is 5.32 Å². The first-order chi connectivity index (χ1) is 17.7. The van der Waals surface area contributed by atoms with Crippen LogP contribution in [0, 0.1) is 0 Å². The van der Waals surface area contributed by atoms with Gasteiger partial charge >= 0.3 is 0 Å². The molecule has 1 aliphatic carbocycles. The standard InChI is InChI=1S/C27H33N3O6S/c1-19(26(32)28-21-8-3-4-9-21)29(18-20-13-15-22(36-2)16-14-20)25(31)12-7-17-30-27(33)23-10-5-6-11-24(23)37(30,34)35/h5-6,10-11,13-16,19,21H,3-4,7-9,12,17-18H2,1-2H3,(H,28,32). The van der Waals surface area contributed by atoms with Gasteiger partial charge in [-0.15, -0.1) is 0 Å². The number of ether oxygens (including phenoxy) is 1. The summed E-state index contributed by atoms with van der Waals surface area (Å²) in [4.78, 5) is 40.5. The molecule has 3 amide bonds. The van der Waals surface area contributed by atoms with Crippen LogP contribution in [-0.2, 0) is 26.2 Å². The third kappa shape index (κ3) is 5.79. The third-order valence-corrected chi connectivity index (χ3v) is 8.89. The van der Waals surface area contributed by atoms with Gasteiger partial charge in [-0.2, -0.15) is 0 Å². The van der Waals surface area contributed by atoms with Crippen molar-refractivity contribution in [1.82, 2.24) is 14.5 Å². The van der Waals surface area contributed by atoms with Crippen molar-refractivity contribution in [2.45, 2.75) is 69.0 Å². The summed E-state index contributed by atoms with van der Waals surface area (Å²) in [6.07, 6.45) is 4.17. The van der Waals surface area contributed by atoms with Crippen molar-refractivity contribution in [3.63, 3.8) is 0 Å². The van der Waals surface area contributed by atoms with Crippen molar-refractivity contribution >= 4 is 27.7 Å². The van der Waals surface area contributed by atoms with Gasteiger partial charge in [-0.3, -0.25) is 14.4 Å². The predicted molar refractivity (Wildman–Crippen MR) is 137 cm³/mol. The Morgan fingerprint density at radius 1 is 1.11 bits per heavy atom. The molecule has 1 fully saturated rings. The molecule has 37 heavy (non-hydrogen) atoms. The van der Waals surface area contributed by atoms with Gasteiger partial charge in [0.25, 0.3) is 15.9 Å². The Morgan fingerprint density at radius 3 is 2.43 bits per heavy atom. The van der Waals surface area contributed by atoms with Crippen molar-refractivity contribution < 1.29 is 27.5 Å². The summed E-state index contributed by atoms with van der Waals surface area (Å²) in [5.74, 6) is -0.387. The quantitative estimate of drug-likeness (QED) is 0.508. The number of amides is 3. The molecule has 2 aliphatic rings. The van der Waals surface area contributed by atoms with Gasteiger partial charge < -0.3 is 15.0 Å². The number of carbonyl (C=O) groups excluding carboxylic acids is 3. The Kier molecular flexibility index (Phi) is 8.16. The fourth-order valence-corrected chi connectivity index (χ4v) is 6.48. The lowest BCUT2D eigenvalue weighted by Crippen LogP contribution is -2.49. The van der Waals surface area contributed by atoms with Crippen LogP contribution in [0.1, 0.15) is 61.4 Å². The first kappa shape index (κ1) is 26.7. The molecule has 0 saturated heterocycles. The monoisotopic (exact) mass is 527 g/mol. The lowest BCUT2D eigenvalue weighted by Gasteiger charge is -2.30. The fraction of sp³-hybridized carbons (Fsp3) is 0.444. The second-order valence-corrected chi connectivity index (χ2v) is 11.3. The summed E-state index contributed by atoms with van der Waals surface area (Å²) >= 11 is 0. The number of sulfonamides is 1. The van der Waals surface area contributed by atoms with E-state index in [0.717, 1.165) is 35.6 Å². The van der Waals surface area contributed by atoms with E-state index in [0.29, 0.717) is 5.75 Å². The third-order valence-electron chi connectivity index (χ3n) is 7.04. The smallest absolute Gasteiger partial charge is 0.269 e. The molecular formula is C27H33N3O6S. The van der Waals surface area contributed by atoms with E-state index in [4.69, 9.17) is 4.74 Å². The Labute approximate surface area is 217 Å². The van der Waals surface area contributed by atoms with Crippen LogP contribution in [0.4, 0.5) is 0 Å². The van der Waals surface area contributed by atoms with Gasteiger partial charge in [0.1, 0.15) is 16.7 Å². The van der Waals surface area contributed by atoms with Crippen LogP contribution in [0.15, 0.2) is 53.4 Å². The second kappa shape index (κ2) is 11.3. The summed E-state index contributed by atoms with van der Waals surface area (Å²) in [5.41, 5.74) is 0.981. The van der Waals surface area contributed by atoms with Gasteiger partial charge in [0, 0.05) is 25.6 Å². The molecule has 1 unspecified atom stereocenters. The molecule has 10 heteroatoms. The van der Waals surface area contributed by atoms with E-state index in [-0.39, 0.29) is 54.2 Å². The van der Waals surface area contributed by atoms with E-state index < -0.39 is 22.0 Å². The molecule has 2 aromatic carbocycles. The summed E-state index contributed by atoms with van der Waals surface area (Å²) in [7, 11) is -2.36. The SMILES string of the molecule is COc1ccc(CN(C(=O)CCCN2C(=O)c3ccccc3S2(=O)=O)C(C)C(=O)NC2CCCC2)cc1. The number of benzene rings is 2. The maximum atomic E-state index is 13.4. The molecule has 1 saturated carbocycles. The van der Waals surface area contributed by atoms with Crippen LogP contribution in [0.3, 0.4) is 0 Å². The van der Waals surface area contributed by atoms with E-state index in [1.807, 2.05) is 12.1 Å². The molecule has 0 bridgehead atoms. The van der Waals surface area contributed by atoms with Crippen LogP contribution in [-0.4, -0.2) is 61.1 Å². The zero-order chi connectivity index (χ0) is 26.6. The Morgan fingerprint density at radius 2 is 1.78 bits per heavy atom. The summed E-state index contributed by atoms with van der Waals surface area (Å²) in [6.45, 7) is 1.81. The minimum absolute atomic E-state index is 0.00709. The van der Waals surface area contributed by atoms with Gasteiger partial charge in [0.2, 0.25) is 11.8 Å². The number of nitrogens with zero attached hydrogens (tertiary/aromatic N) is 2. The molecule has 4 rings (SSSR count).